The van der Waals surface area contributed by atoms with E-state index < -0.39 is 0 Å². The summed E-state index contributed by atoms with van der Waals surface area (Å²) in [5.41, 5.74) is 0.617. The highest BCUT2D eigenvalue weighted by atomic mass is 32.2. The first-order valence-electron chi connectivity index (χ1n) is 4.67. The van der Waals surface area contributed by atoms with Crippen LogP contribution in [0.25, 0.3) is 0 Å². The molecule has 0 bridgehead atoms. The third-order valence-corrected chi connectivity index (χ3v) is 2.88. The maximum Gasteiger partial charge on any atom is 0.162 e. The Morgan fingerprint density at radius 2 is 2.12 bits per heavy atom. The molecule has 2 rings (SSSR count). The minimum absolute atomic E-state index is 0.00431. The van der Waals surface area contributed by atoms with Gasteiger partial charge in [-0.3, -0.25) is 4.79 Å². The number of aromatic nitrogens is 3. The number of carbonyl (C=O) groups excluding carboxylic acids is 1. The highest BCUT2D eigenvalue weighted by molar-refractivity contribution is 7.99. The molecule has 0 aliphatic carbocycles. The van der Waals surface area contributed by atoms with Crippen LogP contribution in [0.2, 0.25) is 0 Å². The second-order valence-corrected chi connectivity index (χ2v) is 4.07. The van der Waals surface area contributed by atoms with E-state index in [0.29, 0.717) is 10.6 Å². The quantitative estimate of drug-likeness (QED) is 0.599. The van der Waals surface area contributed by atoms with Crippen LogP contribution >= 0.6 is 11.8 Å². The van der Waals surface area contributed by atoms with E-state index in [-0.39, 0.29) is 5.78 Å². The fourth-order valence-corrected chi connectivity index (χ4v) is 2.04. The zero-order valence-electron chi connectivity index (χ0n) is 8.62. The molecule has 4 nitrogen and oxygen atoms in total. The number of Topliss-reactive ketones (excluding diaryl/α,β-unsaturated/α-hetero) is 1. The van der Waals surface area contributed by atoms with E-state index in [1.54, 1.807) is 30.6 Å². The molecule has 0 atom stereocenters. The van der Waals surface area contributed by atoms with Gasteiger partial charge in [0.25, 0.3) is 0 Å². The number of carbonyl (C=O) groups is 1. The SMILES string of the molecule is CC(=O)c1cccnc1Sc1ccncn1. The summed E-state index contributed by atoms with van der Waals surface area (Å²) >= 11 is 1.36. The third-order valence-electron chi connectivity index (χ3n) is 1.91. The summed E-state index contributed by atoms with van der Waals surface area (Å²) < 4.78 is 0. The van der Waals surface area contributed by atoms with Crippen LogP contribution in [0.1, 0.15) is 17.3 Å². The van der Waals surface area contributed by atoms with Crippen molar-refractivity contribution in [1.29, 1.82) is 0 Å². The molecular formula is C11H9N3OS. The minimum atomic E-state index is 0.00431. The molecule has 0 N–H and O–H groups in total. The summed E-state index contributed by atoms with van der Waals surface area (Å²) in [6, 6.07) is 5.29. The third kappa shape index (κ3) is 2.43. The lowest BCUT2D eigenvalue weighted by Gasteiger charge is -2.03. The van der Waals surface area contributed by atoms with Gasteiger partial charge < -0.3 is 0 Å². The maximum absolute atomic E-state index is 11.4. The Labute approximate surface area is 97.2 Å². The van der Waals surface area contributed by atoms with Crippen molar-refractivity contribution in [3.05, 3.63) is 42.5 Å². The van der Waals surface area contributed by atoms with E-state index >= 15 is 0 Å². The molecule has 0 fully saturated rings. The Morgan fingerprint density at radius 3 is 2.81 bits per heavy atom. The van der Waals surface area contributed by atoms with Crippen LogP contribution in [0.4, 0.5) is 0 Å². The van der Waals surface area contributed by atoms with E-state index in [9.17, 15) is 4.79 Å². The Balaban J connectivity index is 2.31. The Kier molecular flexibility index (Phi) is 3.26. The molecule has 5 heteroatoms. The molecule has 0 saturated carbocycles. The highest BCUT2D eigenvalue weighted by Gasteiger charge is 2.09. The van der Waals surface area contributed by atoms with Crippen molar-refractivity contribution in [3.8, 4) is 0 Å². The number of hydrogen-bond donors (Lipinski definition) is 0. The summed E-state index contributed by atoms with van der Waals surface area (Å²) in [5.74, 6) is 0.00431. The predicted molar refractivity (Wildman–Crippen MR) is 60.4 cm³/mol. The van der Waals surface area contributed by atoms with Gasteiger partial charge in [0.1, 0.15) is 16.4 Å². The lowest BCUT2D eigenvalue weighted by atomic mass is 10.2. The van der Waals surface area contributed by atoms with Gasteiger partial charge in [0.15, 0.2) is 5.78 Å². The Bertz CT molecular complexity index is 502. The van der Waals surface area contributed by atoms with E-state index in [2.05, 4.69) is 15.0 Å². The molecule has 0 saturated heterocycles. The number of hydrogen-bond acceptors (Lipinski definition) is 5. The van der Waals surface area contributed by atoms with Crippen LogP contribution in [0.5, 0.6) is 0 Å². The summed E-state index contributed by atoms with van der Waals surface area (Å²) in [7, 11) is 0. The zero-order chi connectivity index (χ0) is 11.4. The van der Waals surface area contributed by atoms with E-state index in [1.165, 1.54) is 25.0 Å². The topological polar surface area (TPSA) is 55.7 Å². The molecular weight excluding hydrogens is 222 g/mol. The van der Waals surface area contributed by atoms with Crippen molar-refractivity contribution in [1.82, 2.24) is 15.0 Å². The molecule has 0 aliphatic rings. The molecule has 0 aliphatic heterocycles. The van der Waals surface area contributed by atoms with Crippen LogP contribution < -0.4 is 0 Å². The molecule has 0 radical (unpaired) electrons. The highest BCUT2D eigenvalue weighted by Crippen LogP contribution is 2.26. The Hall–Kier alpha value is -1.75. The van der Waals surface area contributed by atoms with Gasteiger partial charge in [-0.15, -0.1) is 0 Å². The van der Waals surface area contributed by atoms with Gasteiger partial charge in [-0.1, -0.05) is 0 Å². The van der Waals surface area contributed by atoms with Gasteiger partial charge in [-0.05, 0) is 36.9 Å². The standard InChI is InChI=1S/C11H9N3OS/c1-8(15)9-3-2-5-13-11(9)16-10-4-6-12-7-14-10/h2-7H,1H3. The number of pyridine rings is 1. The van der Waals surface area contributed by atoms with Crippen LogP contribution in [0, 0.1) is 0 Å². The van der Waals surface area contributed by atoms with Gasteiger partial charge in [0.05, 0.1) is 0 Å². The van der Waals surface area contributed by atoms with Gasteiger partial charge in [0, 0.05) is 18.0 Å². The Morgan fingerprint density at radius 1 is 1.25 bits per heavy atom. The first-order valence-corrected chi connectivity index (χ1v) is 5.49. The normalized spacial score (nSPS) is 10.1. The molecule has 80 valence electrons. The van der Waals surface area contributed by atoms with Gasteiger partial charge in [-0.2, -0.15) is 0 Å². The lowest BCUT2D eigenvalue weighted by Crippen LogP contribution is -1.97. The van der Waals surface area contributed by atoms with Crippen molar-refractivity contribution >= 4 is 17.5 Å². The molecule has 2 aromatic rings. The lowest BCUT2D eigenvalue weighted by molar-refractivity contribution is 0.101. The monoisotopic (exact) mass is 231 g/mol. The smallest absolute Gasteiger partial charge is 0.162 e. The van der Waals surface area contributed by atoms with Crippen molar-refractivity contribution in [3.63, 3.8) is 0 Å². The van der Waals surface area contributed by atoms with Gasteiger partial charge >= 0.3 is 0 Å². The van der Waals surface area contributed by atoms with E-state index in [0.717, 1.165) is 5.03 Å². The van der Waals surface area contributed by atoms with E-state index in [4.69, 9.17) is 0 Å². The van der Waals surface area contributed by atoms with Crippen molar-refractivity contribution in [2.45, 2.75) is 17.0 Å². The van der Waals surface area contributed by atoms with Crippen LogP contribution in [0.15, 0.2) is 47.0 Å². The molecule has 0 amide bonds. The first-order chi connectivity index (χ1) is 7.77. The van der Waals surface area contributed by atoms with Crippen molar-refractivity contribution in [2.75, 3.05) is 0 Å². The molecule has 0 unspecified atom stereocenters. The molecule has 16 heavy (non-hydrogen) atoms. The van der Waals surface area contributed by atoms with Crippen molar-refractivity contribution in [2.24, 2.45) is 0 Å². The van der Waals surface area contributed by atoms with Crippen molar-refractivity contribution < 1.29 is 4.79 Å². The summed E-state index contributed by atoms with van der Waals surface area (Å²) in [5, 5.41) is 1.45. The first kappa shape index (κ1) is 10.8. The van der Waals surface area contributed by atoms with Crippen LogP contribution in [0.3, 0.4) is 0 Å². The summed E-state index contributed by atoms with van der Waals surface area (Å²) in [4.78, 5) is 23.5. The summed E-state index contributed by atoms with van der Waals surface area (Å²) in [6.07, 6.45) is 4.79. The fraction of sp³-hybridized carbons (Fsp3) is 0.0909. The van der Waals surface area contributed by atoms with Crippen LogP contribution in [-0.2, 0) is 0 Å². The largest absolute Gasteiger partial charge is 0.294 e. The summed E-state index contributed by atoms with van der Waals surface area (Å²) in [6.45, 7) is 1.53. The van der Waals surface area contributed by atoms with E-state index in [1.807, 2.05) is 0 Å². The molecule has 0 spiro atoms. The fourth-order valence-electron chi connectivity index (χ4n) is 1.18. The van der Waals surface area contributed by atoms with Gasteiger partial charge in [-0.25, -0.2) is 15.0 Å². The number of rotatable bonds is 3. The second kappa shape index (κ2) is 4.85. The maximum atomic E-state index is 11.4. The van der Waals surface area contributed by atoms with Crippen LogP contribution in [-0.4, -0.2) is 20.7 Å². The molecule has 2 aromatic heterocycles. The zero-order valence-corrected chi connectivity index (χ0v) is 9.44. The predicted octanol–water partition coefficient (Wildman–Crippen LogP) is 2.23. The second-order valence-electron chi connectivity index (χ2n) is 3.06. The average Bonchev–Trinajstić information content (AvgIpc) is 2.31. The van der Waals surface area contributed by atoms with Gasteiger partial charge in [0.2, 0.25) is 0 Å². The minimum Gasteiger partial charge on any atom is -0.294 e. The number of ketones is 1. The molecule has 2 heterocycles. The number of nitrogens with zero attached hydrogens (tertiary/aromatic N) is 3. The average molecular weight is 231 g/mol. The molecule has 0 aromatic carbocycles.